The molecule has 0 unspecified atom stereocenters. The van der Waals surface area contributed by atoms with E-state index in [1.165, 1.54) is 24.1 Å². The summed E-state index contributed by atoms with van der Waals surface area (Å²) in [5.41, 5.74) is 9.21. The van der Waals surface area contributed by atoms with Crippen LogP contribution in [0.5, 0.6) is 0 Å². The van der Waals surface area contributed by atoms with Crippen molar-refractivity contribution in [2.45, 2.75) is 53.6 Å². The van der Waals surface area contributed by atoms with E-state index in [0.717, 1.165) is 18.2 Å². The molecule has 0 aliphatic carbocycles. The highest BCUT2D eigenvalue weighted by Crippen LogP contribution is 2.13. The molecular formula is C12H23N3. The summed E-state index contributed by atoms with van der Waals surface area (Å²) in [6.45, 7) is 10.3. The van der Waals surface area contributed by atoms with Crippen LogP contribution in [0.25, 0.3) is 0 Å². The average Bonchev–Trinajstić information content (AvgIpc) is 2.41. The minimum Gasteiger partial charge on any atom is -0.326 e. The Morgan fingerprint density at radius 1 is 1.33 bits per heavy atom. The van der Waals surface area contributed by atoms with Gasteiger partial charge in [0.05, 0.1) is 5.69 Å². The van der Waals surface area contributed by atoms with Gasteiger partial charge in [-0.3, -0.25) is 4.68 Å². The van der Waals surface area contributed by atoms with Gasteiger partial charge in [-0.05, 0) is 32.6 Å². The maximum Gasteiger partial charge on any atom is 0.0641 e. The molecule has 15 heavy (non-hydrogen) atoms. The monoisotopic (exact) mass is 209 g/mol. The lowest BCUT2D eigenvalue weighted by Gasteiger charge is -2.06. The van der Waals surface area contributed by atoms with E-state index in [1.54, 1.807) is 0 Å². The molecule has 0 amide bonds. The van der Waals surface area contributed by atoms with Crippen LogP contribution in [0.2, 0.25) is 0 Å². The van der Waals surface area contributed by atoms with Crippen LogP contribution in [-0.2, 0) is 13.1 Å². The van der Waals surface area contributed by atoms with Crippen LogP contribution in [0, 0.1) is 19.8 Å². The summed E-state index contributed by atoms with van der Waals surface area (Å²) in [7, 11) is 0. The summed E-state index contributed by atoms with van der Waals surface area (Å²) >= 11 is 0. The molecule has 2 N–H and O–H groups in total. The summed E-state index contributed by atoms with van der Waals surface area (Å²) < 4.78 is 2.10. The second-order valence-electron chi connectivity index (χ2n) is 4.61. The van der Waals surface area contributed by atoms with Crippen LogP contribution in [0.1, 0.15) is 43.6 Å². The zero-order valence-corrected chi connectivity index (χ0v) is 10.4. The molecular weight excluding hydrogens is 186 g/mol. The number of hydrogen-bond donors (Lipinski definition) is 1. The third kappa shape index (κ3) is 3.06. The molecule has 3 heteroatoms. The molecule has 1 aromatic rings. The smallest absolute Gasteiger partial charge is 0.0641 e. The molecule has 0 saturated carbocycles. The third-order valence-electron chi connectivity index (χ3n) is 2.89. The number of aryl methyl sites for hydroxylation is 2. The van der Waals surface area contributed by atoms with Crippen LogP contribution in [0.4, 0.5) is 0 Å². The number of hydrogen-bond acceptors (Lipinski definition) is 2. The molecule has 0 spiro atoms. The van der Waals surface area contributed by atoms with Crippen LogP contribution >= 0.6 is 0 Å². The van der Waals surface area contributed by atoms with Crippen molar-refractivity contribution in [3.05, 3.63) is 17.0 Å². The van der Waals surface area contributed by atoms with Crippen LogP contribution in [-0.4, -0.2) is 9.78 Å². The van der Waals surface area contributed by atoms with Gasteiger partial charge in [-0.2, -0.15) is 5.10 Å². The van der Waals surface area contributed by atoms with Crippen molar-refractivity contribution in [3.63, 3.8) is 0 Å². The number of nitrogens with zero attached hydrogens (tertiary/aromatic N) is 2. The second-order valence-corrected chi connectivity index (χ2v) is 4.61. The van der Waals surface area contributed by atoms with E-state index in [-0.39, 0.29) is 0 Å². The Morgan fingerprint density at radius 2 is 2.00 bits per heavy atom. The molecule has 0 aromatic carbocycles. The molecule has 86 valence electrons. The Labute approximate surface area is 92.7 Å². The summed E-state index contributed by atoms with van der Waals surface area (Å²) in [5, 5.41) is 4.51. The fourth-order valence-corrected chi connectivity index (χ4v) is 1.90. The van der Waals surface area contributed by atoms with Crippen molar-refractivity contribution >= 4 is 0 Å². The Bertz CT molecular complexity index is 313. The first kappa shape index (κ1) is 12.2. The highest BCUT2D eigenvalue weighted by atomic mass is 15.3. The normalized spacial score (nSPS) is 11.3. The predicted molar refractivity (Wildman–Crippen MR) is 63.7 cm³/mol. The molecule has 0 radical (unpaired) electrons. The summed E-state index contributed by atoms with van der Waals surface area (Å²) in [5.74, 6) is 0.774. The lowest BCUT2D eigenvalue weighted by Crippen LogP contribution is -2.05. The second kappa shape index (κ2) is 5.31. The van der Waals surface area contributed by atoms with Gasteiger partial charge in [-0.25, -0.2) is 0 Å². The third-order valence-corrected chi connectivity index (χ3v) is 2.89. The van der Waals surface area contributed by atoms with Crippen molar-refractivity contribution in [2.24, 2.45) is 11.7 Å². The van der Waals surface area contributed by atoms with Crippen molar-refractivity contribution in [2.75, 3.05) is 0 Å². The van der Waals surface area contributed by atoms with Gasteiger partial charge in [0, 0.05) is 24.3 Å². The molecule has 0 bridgehead atoms. The lowest BCUT2D eigenvalue weighted by molar-refractivity contribution is 0.483. The van der Waals surface area contributed by atoms with Gasteiger partial charge in [0.2, 0.25) is 0 Å². The van der Waals surface area contributed by atoms with Gasteiger partial charge in [-0.15, -0.1) is 0 Å². The Balaban J connectivity index is 2.62. The number of aromatic nitrogens is 2. The minimum atomic E-state index is 0.599. The van der Waals surface area contributed by atoms with E-state index < -0.39 is 0 Å². The van der Waals surface area contributed by atoms with E-state index >= 15 is 0 Å². The Kier molecular flexibility index (Phi) is 4.33. The summed E-state index contributed by atoms with van der Waals surface area (Å²) in [4.78, 5) is 0. The molecule has 0 aliphatic heterocycles. The molecule has 0 atom stereocenters. The topological polar surface area (TPSA) is 43.8 Å². The quantitative estimate of drug-likeness (QED) is 0.809. The van der Waals surface area contributed by atoms with E-state index in [4.69, 9.17) is 5.73 Å². The highest BCUT2D eigenvalue weighted by Gasteiger charge is 2.09. The standard InChI is InChI=1S/C12H23N3/c1-9(2)6-5-7-15-11(4)12(8-13)10(3)14-15/h9H,5-8,13H2,1-4H3. The fraction of sp³-hybridized carbons (Fsp3) is 0.750. The van der Waals surface area contributed by atoms with Gasteiger partial charge in [0.1, 0.15) is 0 Å². The SMILES string of the molecule is Cc1nn(CCCC(C)C)c(C)c1CN. The van der Waals surface area contributed by atoms with Gasteiger partial charge in [0.15, 0.2) is 0 Å². The molecule has 0 saturated heterocycles. The first-order chi connectivity index (χ1) is 7.06. The van der Waals surface area contributed by atoms with Gasteiger partial charge >= 0.3 is 0 Å². The van der Waals surface area contributed by atoms with Crippen LogP contribution in [0.3, 0.4) is 0 Å². The van der Waals surface area contributed by atoms with E-state index in [2.05, 4.69) is 30.6 Å². The molecule has 0 aliphatic rings. The Hall–Kier alpha value is -0.830. The molecule has 1 heterocycles. The Morgan fingerprint density at radius 3 is 2.47 bits per heavy atom. The maximum absolute atomic E-state index is 5.69. The predicted octanol–water partition coefficient (Wildman–Crippen LogP) is 2.39. The van der Waals surface area contributed by atoms with Crippen LogP contribution < -0.4 is 5.73 Å². The molecule has 0 fully saturated rings. The van der Waals surface area contributed by atoms with E-state index in [0.29, 0.717) is 6.54 Å². The number of nitrogens with two attached hydrogens (primary N) is 1. The molecule has 1 aromatic heterocycles. The lowest BCUT2D eigenvalue weighted by atomic mass is 10.1. The summed E-state index contributed by atoms with van der Waals surface area (Å²) in [6.07, 6.45) is 2.46. The largest absolute Gasteiger partial charge is 0.326 e. The first-order valence-electron chi connectivity index (χ1n) is 5.79. The zero-order chi connectivity index (χ0) is 11.4. The van der Waals surface area contributed by atoms with Crippen molar-refractivity contribution in [1.29, 1.82) is 0 Å². The maximum atomic E-state index is 5.69. The van der Waals surface area contributed by atoms with Crippen LogP contribution in [0.15, 0.2) is 0 Å². The summed E-state index contributed by atoms with van der Waals surface area (Å²) in [6, 6.07) is 0. The van der Waals surface area contributed by atoms with Crippen molar-refractivity contribution < 1.29 is 0 Å². The molecule has 3 nitrogen and oxygen atoms in total. The zero-order valence-electron chi connectivity index (χ0n) is 10.4. The first-order valence-corrected chi connectivity index (χ1v) is 5.79. The van der Waals surface area contributed by atoms with Gasteiger partial charge < -0.3 is 5.73 Å². The van der Waals surface area contributed by atoms with E-state index in [1.807, 2.05) is 6.92 Å². The fourth-order valence-electron chi connectivity index (χ4n) is 1.90. The van der Waals surface area contributed by atoms with Crippen molar-refractivity contribution in [1.82, 2.24) is 9.78 Å². The molecule has 1 rings (SSSR count). The average molecular weight is 209 g/mol. The number of rotatable bonds is 5. The van der Waals surface area contributed by atoms with E-state index in [9.17, 15) is 0 Å². The highest BCUT2D eigenvalue weighted by molar-refractivity contribution is 5.23. The van der Waals surface area contributed by atoms with Gasteiger partial charge in [0.25, 0.3) is 0 Å². The van der Waals surface area contributed by atoms with Gasteiger partial charge in [-0.1, -0.05) is 13.8 Å². The minimum absolute atomic E-state index is 0.599. The van der Waals surface area contributed by atoms with Crippen molar-refractivity contribution in [3.8, 4) is 0 Å².